The summed E-state index contributed by atoms with van der Waals surface area (Å²) < 4.78 is 52.7. The van der Waals surface area contributed by atoms with Crippen LogP contribution in [0.5, 0.6) is 0 Å². The highest BCUT2D eigenvalue weighted by Crippen LogP contribution is 2.65. The summed E-state index contributed by atoms with van der Waals surface area (Å²) >= 11 is 0. The van der Waals surface area contributed by atoms with Gasteiger partial charge >= 0.3 is 28.3 Å². The van der Waals surface area contributed by atoms with Crippen molar-refractivity contribution in [3.8, 4) is 0 Å². The Morgan fingerprint density at radius 3 is 1.43 bits per heavy atom. The van der Waals surface area contributed by atoms with Crippen molar-refractivity contribution in [2.75, 3.05) is 26.4 Å². The third-order valence-corrected chi connectivity index (χ3v) is 11.9. The molecule has 4 aliphatic rings. The molecule has 0 radical (unpaired) electrons. The number of carbonyl (C=O) groups is 2. The van der Waals surface area contributed by atoms with Crippen LogP contribution in [0.15, 0.2) is 49.1 Å². The molecule has 0 bridgehead atoms. The van der Waals surface area contributed by atoms with Gasteiger partial charge < -0.3 is 49.6 Å². The molecule has 4 saturated heterocycles. The molecule has 6 rings (SSSR count). The minimum absolute atomic E-state index is 0.0163. The highest BCUT2D eigenvalue weighted by molar-refractivity contribution is 7.55. The molecular weight excluding hydrogens is 798 g/mol. The molecule has 6 heterocycles. The van der Waals surface area contributed by atoms with E-state index in [0.717, 1.165) is 0 Å². The second-order valence-electron chi connectivity index (χ2n) is 13.0. The lowest BCUT2D eigenvalue weighted by Crippen LogP contribution is -2.54. The van der Waals surface area contributed by atoms with E-state index in [-0.39, 0.29) is 13.2 Å². The maximum atomic E-state index is 12.7. The van der Waals surface area contributed by atoms with Crippen molar-refractivity contribution in [3.63, 3.8) is 0 Å². The summed E-state index contributed by atoms with van der Waals surface area (Å²) in [6.07, 6.45) is -12.4. The Balaban J connectivity index is 0.986. The topological polar surface area (TPSA) is 366 Å². The predicted octanol–water partition coefficient (Wildman–Crippen LogP) is -3.22. The predicted molar refractivity (Wildman–Crippen MR) is 179 cm³/mol. The number of nitrogens with zero attached hydrogens (tertiary/aromatic N) is 2. The zero-order valence-corrected chi connectivity index (χ0v) is 30.8. The van der Waals surface area contributed by atoms with Crippen molar-refractivity contribution in [2.24, 2.45) is 11.5 Å². The van der Waals surface area contributed by atoms with Crippen LogP contribution in [0, 0.1) is 0 Å². The summed E-state index contributed by atoms with van der Waals surface area (Å²) in [6.45, 7) is -1.72. The molecule has 4 unspecified atom stereocenters. The van der Waals surface area contributed by atoms with Crippen LogP contribution in [0.2, 0.25) is 0 Å². The van der Waals surface area contributed by atoms with Gasteiger partial charge in [-0.25, -0.2) is 9.59 Å². The fraction of sp³-hybridized carbons (Fsp3) is 0.600. The Hall–Kier alpha value is -2.62. The Morgan fingerprint density at radius 2 is 1.07 bits per heavy atom. The van der Waals surface area contributed by atoms with Gasteiger partial charge in [-0.15, -0.1) is 18.1 Å². The number of esters is 2. The Kier molecular flexibility index (Phi) is 13.3. The zero-order chi connectivity index (χ0) is 40.5. The first-order valence-corrected chi connectivity index (χ1v) is 19.8. The molecule has 4 aliphatic heterocycles. The van der Waals surface area contributed by atoms with Gasteiger partial charge in [0.05, 0.1) is 0 Å². The van der Waals surface area contributed by atoms with Crippen molar-refractivity contribution >= 4 is 28.3 Å². The fourth-order valence-corrected chi connectivity index (χ4v) is 8.68. The van der Waals surface area contributed by atoms with Crippen LogP contribution in [0.4, 0.5) is 0 Å². The number of hydrogen-bond donors (Lipinski definition) is 10. The van der Waals surface area contributed by atoms with Crippen LogP contribution in [-0.2, 0) is 55.7 Å². The van der Waals surface area contributed by atoms with Crippen LogP contribution in [0.3, 0.4) is 0 Å². The third kappa shape index (κ3) is 9.47. The van der Waals surface area contributed by atoms with E-state index in [0.29, 0.717) is 24.0 Å². The molecule has 0 saturated carbocycles. The van der Waals surface area contributed by atoms with Crippen molar-refractivity contribution < 1.29 is 96.1 Å². The number of nitrogens with two attached hydrogens (primary N) is 2. The summed E-state index contributed by atoms with van der Waals surface area (Å²) in [6, 6.07) is 6.63. The Morgan fingerprint density at radius 1 is 0.714 bits per heavy atom. The normalized spacial score (nSPS) is 39.8. The molecule has 310 valence electrons. The largest absolute Gasteiger partial charge is 0.573 e. The standard InChI is InChI=1S/C30H42N4O20P2/c31-29(13-47-55(43)45-11-5-17(53-55)15-1-7-33-8-2-15)23(39)21(37)27(51-29)49-25(41)19(35)20(36)26(42)50-28-22(38)24(40)30(32,52-28)14-48-56(44)46-12-6-18(54-56)16-3-9-34-10-4-16/h1-4,7-10,17-24,27-28,35-40,43-44H,5-6,11-14,31-32H2/q+2/t17-,18-,19?,20?,21-,22-,23-,24-,27+,28+,29+,30+,55?,56?/m1/s1. The highest BCUT2D eigenvalue weighted by Gasteiger charge is 2.61. The first kappa shape index (κ1) is 43.0. The van der Waals surface area contributed by atoms with E-state index < -0.39 is 114 Å². The summed E-state index contributed by atoms with van der Waals surface area (Å²) in [7, 11) is -8.11. The molecule has 0 aromatic carbocycles. The van der Waals surface area contributed by atoms with Gasteiger partial charge in [0.2, 0.25) is 12.6 Å². The molecule has 56 heavy (non-hydrogen) atoms. The Bertz CT molecular complexity index is 1550. The molecule has 14 atom stereocenters. The van der Waals surface area contributed by atoms with Gasteiger partial charge in [-0.3, -0.25) is 21.4 Å². The van der Waals surface area contributed by atoms with Crippen LogP contribution in [-0.4, -0.2) is 149 Å². The van der Waals surface area contributed by atoms with E-state index in [4.69, 9.17) is 57.6 Å². The van der Waals surface area contributed by atoms with Crippen molar-refractivity contribution in [1.29, 1.82) is 0 Å². The molecule has 24 nitrogen and oxygen atoms in total. The second-order valence-corrected chi connectivity index (χ2v) is 16.3. The average molecular weight is 841 g/mol. The van der Waals surface area contributed by atoms with Gasteiger partial charge in [0, 0.05) is 37.6 Å². The van der Waals surface area contributed by atoms with Crippen LogP contribution in [0.25, 0.3) is 0 Å². The number of pyridine rings is 2. The lowest BCUT2D eigenvalue weighted by Gasteiger charge is -2.29. The van der Waals surface area contributed by atoms with Crippen molar-refractivity contribution in [2.45, 2.75) is 85.7 Å². The fourth-order valence-electron chi connectivity index (χ4n) is 5.79. The van der Waals surface area contributed by atoms with Gasteiger partial charge in [0.15, 0.2) is 23.7 Å². The molecule has 0 spiro atoms. The lowest BCUT2D eigenvalue weighted by molar-refractivity contribution is -0.224. The van der Waals surface area contributed by atoms with Crippen LogP contribution in [0.1, 0.15) is 36.2 Å². The minimum Gasteiger partial charge on any atom is -0.431 e. The molecule has 12 N–H and O–H groups in total. The second kappa shape index (κ2) is 17.3. The smallest absolute Gasteiger partial charge is 0.431 e. The van der Waals surface area contributed by atoms with E-state index >= 15 is 0 Å². The summed E-state index contributed by atoms with van der Waals surface area (Å²) in [5, 5.41) is 62.9. The number of hydrogen-bond acceptors (Lipinski definition) is 24. The SMILES string of the molecule is N[C@@]1(CO[P+]2(O)OCC[C@H](c3ccncc3)O2)O[C@H](OC(=O)C(O)C(O)C(=O)O[C@H]2O[C@@](N)(CO[P+]3(O)OCC[C@H](c4ccncc4)O3)[C@H](O)[C@H]2O)[C@H](O)[C@H]1O. The molecular formula is C30H42N4O20P2+2. The Labute approximate surface area is 318 Å². The number of rotatable bonds is 13. The van der Waals surface area contributed by atoms with E-state index in [1.807, 2.05) is 0 Å². The number of ether oxygens (including phenoxy) is 4. The van der Waals surface area contributed by atoms with E-state index in [1.165, 1.54) is 24.8 Å². The van der Waals surface area contributed by atoms with E-state index in [2.05, 4.69) is 9.97 Å². The van der Waals surface area contributed by atoms with Gasteiger partial charge in [-0.2, -0.15) is 18.8 Å². The average Bonchev–Trinajstić information content (AvgIpc) is 3.54. The van der Waals surface area contributed by atoms with Gasteiger partial charge in [0.25, 0.3) is 0 Å². The number of aromatic nitrogens is 2. The quantitative estimate of drug-likeness (QED) is 0.0700. The van der Waals surface area contributed by atoms with Gasteiger partial charge in [0.1, 0.15) is 63.1 Å². The number of aliphatic hydroxyl groups excluding tert-OH is 6. The summed E-state index contributed by atoms with van der Waals surface area (Å²) in [5.41, 5.74) is 8.71. The van der Waals surface area contributed by atoms with Crippen LogP contribution < -0.4 is 11.5 Å². The summed E-state index contributed by atoms with van der Waals surface area (Å²) in [5.74, 6) is -3.57. The molecule has 2 aromatic rings. The van der Waals surface area contributed by atoms with Crippen molar-refractivity contribution in [3.05, 3.63) is 60.2 Å². The maximum Gasteiger partial charge on any atom is 0.573 e. The first-order valence-electron chi connectivity index (χ1n) is 16.9. The maximum absolute atomic E-state index is 12.7. The van der Waals surface area contributed by atoms with E-state index in [1.54, 1.807) is 24.3 Å². The van der Waals surface area contributed by atoms with E-state index in [9.17, 15) is 50.0 Å². The monoisotopic (exact) mass is 840 g/mol. The first-order chi connectivity index (χ1) is 26.4. The molecule has 0 aliphatic carbocycles. The zero-order valence-electron chi connectivity index (χ0n) is 29.1. The summed E-state index contributed by atoms with van der Waals surface area (Å²) in [4.78, 5) is 54.9. The molecule has 2 aromatic heterocycles. The molecule has 4 fully saturated rings. The van der Waals surface area contributed by atoms with Crippen molar-refractivity contribution in [1.82, 2.24) is 9.97 Å². The molecule has 26 heteroatoms. The third-order valence-electron chi connectivity index (χ3n) is 8.98. The number of aliphatic hydroxyl groups is 6. The lowest BCUT2D eigenvalue weighted by atomic mass is 10.1. The molecule has 0 amide bonds. The van der Waals surface area contributed by atoms with Crippen LogP contribution >= 0.6 is 16.3 Å². The van der Waals surface area contributed by atoms with Gasteiger partial charge in [-0.05, 0) is 35.4 Å². The minimum atomic E-state index is -4.06. The highest BCUT2D eigenvalue weighted by atomic mass is 31.2. The van der Waals surface area contributed by atoms with Gasteiger partial charge in [-0.1, -0.05) is 0 Å². The number of carbonyl (C=O) groups excluding carboxylic acids is 2.